The van der Waals surface area contributed by atoms with Crippen molar-refractivity contribution < 1.29 is 4.79 Å². The highest BCUT2D eigenvalue weighted by Gasteiger charge is 2.21. The molecule has 0 aliphatic carbocycles. The standard InChI is InChI=1S/C25H22ClN5O/c26-19-8-9-21-22(15-19)29-23(32)14-18-16-27-25(30-24(18)21)28-20-7-3-5-17(13-20)6-4-12-31-10-1-2-11-31/h3,5,7-9,13,15-16H,1-2,10-12,14H2,(H,29,32)(H,27,28,30). The number of fused-ring (bicyclic) bond motifs is 3. The fraction of sp³-hybridized carbons (Fsp3) is 0.240. The maximum atomic E-state index is 12.3. The smallest absolute Gasteiger partial charge is 0.228 e. The van der Waals surface area contributed by atoms with Gasteiger partial charge in [-0.3, -0.25) is 9.69 Å². The van der Waals surface area contributed by atoms with Crippen molar-refractivity contribution in [1.29, 1.82) is 0 Å². The van der Waals surface area contributed by atoms with E-state index in [-0.39, 0.29) is 12.3 Å². The number of nitrogens with zero attached hydrogens (tertiary/aromatic N) is 3. The summed E-state index contributed by atoms with van der Waals surface area (Å²) in [5.74, 6) is 6.86. The van der Waals surface area contributed by atoms with Crippen LogP contribution in [0.1, 0.15) is 24.0 Å². The molecule has 0 spiro atoms. The number of amides is 1. The third kappa shape index (κ3) is 4.59. The highest BCUT2D eigenvalue weighted by Crippen LogP contribution is 2.34. The Balaban J connectivity index is 1.39. The zero-order valence-electron chi connectivity index (χ0n) is 17.5. The summed E-state index contributed by atoms with van der Waals surface area (Å²) in [6.45, 7) is 3.09. The van der Waals surface area contributed by atoms with E-state index in [2.05, 4.69) is 32.4 Å². The van der Waals surface area contributed by atoms with Crippen LogP contribution < -0.4 is 10.6 Å². The fourth-order valence-electron chi connectivity index (χ4n) is 4.02. The van der Waals surface area contributed by atoms with Crippen LogP contribution in [0.15, 0.2) is 48.7 Å². The van der Waals surface area contributed by atoms with E-state index in [1.54, 1.807) is 18.3 Å². The molecule has 0 atom stereocenters. The van der Waals surface area contributed by atoms with Crippen molar-refractivity contribution in [3.05, 3.63) is 64.8 Å². The molecule has 6 nitrogen and oxygen atoms in total. The molecule has 0 unspecified atom stereocenters. The highest BCUT2D eigenvalue weighted by molar-refractivity contribution is 6.31. The van der Waals surface area contributed by atoms with Crippen LogP contribution in [-0.2, 0) is 11.2 Å². The fourth-order valence-corrected chi connectivity index (χ4v) is 4.19. The summed E-state index contributed by atoms with van der Waals surface area (Å²) in [5.41, 5.74) is 4.77. The molecule has 0 bridgehead atoms. The lowest BCUT2D eigenvalue weighted by atomic mass is 10.1. The van der Waals surface area contributed by atoms with E-state index >= 15 is 0 Å². The average molecular weight is 444 g/mol. The van der Waals surface area contributed by atoms with Crippen molar-refractivity contribution in [2.45, 2.75) is 19.3 Å². The molecule has 3 aromatic rings. The van der Waals surface area contributed by atoms with Gasteiger partial charge in [-0.25, -0.2) is 9.97 Å². The molecule has 2 N–H and O–H groups in total. The number of hydrogen-bond donors (Lipinski definition) is 2. The number of benzene rings is 2. The molecule has 1 amide bonds. The second kappa shape index (κ2) is 8.99. The van der Waals surface area contributed by atoms with Crippen LogP contribution in [0, 0.1) is 11.8 Å². The van der Waals surface area contributed by atoms with Gasteiger partial charge in [0.2, 0.25) is 11.9 Å². The molecule has 32 heavy (non-hydrogen) atoms. The van der Waals surface area contributed by atoms with Crippen LogP contribution in [0.4, 0.5) is 17.3 Å². The number of carbonyl (C=O) groups is 1. The number of rotatable bonds is 3. The van der Waals surface area contributed by atoms with E-state index in [1.165, 1.54) is 12.8 Å². The monoisotopic (exact) mass is 443 g/mol. The summed E-state index contributed by atoms with van der Waals surface area (Å²) in [7, 11) is 0. The molecule has 0 radical (unpaired) electrons. The summed E-state index contributed by atoms with van der Waals surface area (Å²) >= 11 is 6.12. The van der Waals surface area contributed by atoms with Crippen LogP contribution >= 0.6 is 11.6 Å². The average Bonchev–Trinajstić information content (AvgIpc) is 3.24. The Morgan fingerprint density at radius 1 is 1.16 bits per heavy atom. The van der Waals surface area contributed by atoms with Gasteiger partial charge in [-0.1, -0.05) is 29.5 Å². The van der Waals surface area contributed by atoms with Crippen LogP contribution in [-0.4, -0.2) is 40.4 Å². The lowest BCUT2D eigenvalue weighted by molar-refractivity contribution is -0.115. The van der Waals surface area contributed by atoms with Crippen LogP contribution in [0.25, 0.3) is 11.3 Å². The minimum Gasteiger partial charge on any atom is -0.325 e. The van der Waals surface area contributed by atoms with Crippen LogP contribution in [0.5, 0.6) is 0 Å². The zero-order valence-corrected chi connectivity index (χ0v) is 18.2. The minimum atomic E-state index is -0.114. The van der Waals surface area contributed by atoms with Crippen molar-refractivity contribution in [1.82, 2.24) is 14.9 Å². The van der Waals surface area contributed by atoms with Crippen molar-refractivity contribution in [2.24, 2.45) is 0 Å². The Bertz CT molecular complexity index is 1240. The van der Waals surface area contributed by atoms with Gasteiger partial charge < -0.3 is 10.6 Å². The van der Waals surface area contributed by atoms with Gasteiger partial charge in [0.1, 0.15) is 0 Å². The minimum absolute atomic E-state index is 0.114. The molecule has 5 rings (SSSR count). The second-order valence-electron chi connectivity index (χ2n) is 7.97. The molecule has 160 valence electrons. The van der Waals surface area contributed by atoms with Crippen molar-refractivity contribution >= 4 is 34.8 Å². The van der Waals surface area contributed by atoms with Crippen LogP contribution in [0.2, 0.25) is 5.02 Å². The predicted molar refractivity (Wildman–Crippen MR) is 127 cm³/mol. The maximum Gasteiger partial charge on any atom is 0.228 e. The number of aromatic nitrogens is 2. The summed E-state index contributed by atoms with van der Waals surface area (Å²) in [5, 5.41) is 6.72. The predicted octanol–water partition coefficient (Wildman–Crippen LogP) is 4.48. The van der Waals surface area contributed by atoms with Crippen molar-refractivity contribution in [3.63, 3.8) is 0 Å². The molecular formula is C25H22ClN5O. The van der Waals surface area contributed by atoms with Gasteiger partial charge in [0.05, 0.1) is 24.3 Å². The molecule has 3 heterocycles. The first kappa shape index (κ1) is 20.5. The van der Waals surface area contributed by atoms with E-state index in [1.807, 2.05) is 30.3 Å². The molecular weight excluding hydrogens is 422 g/mol. The Morgan fingerprint density at radius 3 is 2.91 bits per heavy atom. The van der Waals surface area contributed by atoms with E-state index in [0.717, 1.165) is 42.0 Å². The zero-order chi connectivity index (χ0) is 21.9. The molecule has 7 heteroatoms. The Morgan fingerprint density at radius 2 is 2.03 bits per heavy atom. The number of nitrogens with one attached hydrogen (secondary N) is 2. The Labute approximate surface area is 192 Å². The van der Waals surface area contributed by atoms with Gasteiger partial charge in [0.15, 0.2) is 0 Å². The molecule has 0 saturated carbocycles. The van der Waals surface area contributed by atoms with Gasteiger partial charge in [0, 0.05) is 33.6 Å². The molecule has 2 aliphatic heterocycles. The lowest BCUT2D eigenvalue weighted by Gasteiger charge is -2.11. The van der Waals surface area contributed by atoms with E-state index in [9.17, 15) is 4.79 Å². The second-order valence-corrected chi connectivity index (χ2v) is 8.41. The normalized spacial score (nSPS) is 15.1. The third-order valence-electron chi connectivity index (χ3n) is 5.58. The van der Waals surface area contributed by atoms with Gasteiger partial charge in [-0.2, -0.15) is 0 Å². The van der Waals surface area contributed by atoms with Gasteiger partial charge >= 0.3 is 0 Å². The largest absolute Gasteiger partial charge is 0.325 e. The molecule has 1 saturated heterocycles. The first-order chi connectivity index (χ1) is 15.6. The van der Waals surface area contributed by atoms with E-state index < -0.39 is 0 Å². The first-order valence-electron chi connectivity index (χ1n) is 10.7. The number of halogens is 1. The highest BCUT2D eigenvalue weighted by atomic mass is 35.5. The van der Waals surface area contributed by atoms with Gasteiger partial charge in [-0.15, -0.1) is 0 Å². The number of likely N-dealkylation sites (tertiary alicyclic amines) is 1. The van der Waals surface area contributed by atoms with Crippen LogP contribution in [0.3, 0.4) is 0 Å². The molecule has 1 aromatic heterocycles. The van der Waals surface area contributed by atoms with E-state index in [4.69, 9.17) is 16.6 Å². The van der Waals surface area contributed by atoms with Gasteiger partial charge in [-0.05, 0) is 62.3 Å². The SMILES string of the molecule is O=C1Cc2cnc(Nc3cccc(C#CCN4CCCC4)c3)nc2-c2ccc(Cl)cc2N1. The molecule has 1 fully saturated rings. The van der Waals surface area contributed by atoms with Gasteiger partial charge in [0.25, 0.3) is 0 Å². The number of anilines is 3. The van der Waals surface area contributed by atoms with Crippen molar-refractivity contribution in [3.8, 4) is 23.1 Å². The van der Waals surface area contributed by atoms with Crippen molar-refractivity contribution in [2.75, 3.05) is 30.3 Å². The number of carbonyl (C=O) groups excluding carboxylic acids is 1. The molecule has 2 aliphatic rings. The Kier molecular flexibility index (Phi) is 5.76. The topological polar surface area (TPSA) is 70.2 Å². The Hall–Kier alpha value is -3.40. The summed E-state index contributed by atoms with van der Waals surface area (Å²) < 4.78 is 0. The lowest BCUT2D eigenvalue weighted by Crippen LogP contribution is -2.18. The maximum absolute atomic E-state index is 12.3. The summed E-state index contributed by atoms with van der Waals surface area (Å²) in [6.07, 6.45) is 4.45. The van der Waals surface area contributed by atoms with E-state index in [0.29, 0.717) is 22.4 Å². The summed E-state index contributed by atoms with van der Waals surface area (Å²) in [6, 6.07) is 13.3. The quantitative estimate of drug-likeness (QED) is 0.584. The number of hydrogen-bond acceptors (Lipinski definition) is 5. The third-order valence-corrected chi connectivity index (χ3v) is 5.81. The summed E-state index contributed by atoms with van der Waals surface area (Å²) in [4.78, 5) is 23.8. The molecule has 2 aromatic carbocycles. The first-order valence-corrected chi connectivity index (χ1v) is 11.1.